The number of allylic oxidation sites excluding steroid dienone is 2. The maximum Gasteiger partial charge on any atom is 0.316 e. The van der Waals surface area contributed by atoms with Gasteiger partial charge in [-0.2, -0.15) is 0 Å². The van der Waals surface area contributed by atoms with Gasteiger partial charge in [0, 0.05) is 6.42 Å². The van der Waals surface area contributed by atoms with Gasteiger partial charge in [0.05, 0.1) is 6.10 Å². The van der Waals surface area contributed by atoms with Crippen molar-refractivity contribution >= 4 is 11.8 Å². The van der Waals surface area contributed by atoms with Gasteiger partial charge in [-0.25, -0.2) is 0 Å². The maximum absolute atomic E-state index is 12.0. The second-order valence-corrected chi connectivity index (χ2v) is 4.74. The first-order valence-corrected chi connectivity index (χ1v) is 6.15. The van der Waals surface area contributed by atoms with Gasteiger partial charge in [-0.15, -0.1) is 0 Å². The highest BCUT2D eigenvalue weighted by molar-refractivity contribution is 5.96. The van der Waals surface area contributed by atoms with Crippen molar-refractivity contribution in [1.82, 2.24) is 0 Å². The van der Waals surface area contributed by atoms with Crippen molar-refractivity contribution < 1.29 is 19.4 Å². The van der Waals surface area contributed by atoms with Crippen molar-refractivity contribution in [3.8, 4) is 0 Å². The monoisotopic (exact) mass is 252 g/mol. The molecule has 1 rings (SSSR count). The number of ether oxygens (including phenoxy) is 1. The zero-order valence-corrected chi connectivity index (χ0v) is 11.3. The van der Waals surface area contributed by atoms with Gasteiger partial charge in [-0.05, 0) is 26.3 Å². The number of aliphatic hydroxyl groups is 1. The van der Waals surface area contributed by atoms with Crippen molar-refractivity contribution in [2.45, 2.75) is 45.8 Å². The van der Waals surface area contributed by atoms with Crippen LogP contribution in [0.15, 0.2) is 23.8 Å². The lowest BCUT2D eigenvalue weighted by atomic mass is 9.74. The second-order valence-electron chi connectivity index (χ2n) is 4.74. The smallest absolute Gasteiger partial charge is 0.316 e. The Bertz CT molecular complexity index is 406. The van der Waals surface area contributed by atoms with Crippen LogP contribution >= 0.6 is 0 Å². The van der Waals surface area contributed by atoms with Crippen molar-refractivity contribution in [2.75, 3.05) is 0 Å². The minimum Gasteiger partial charge on any atom is -0.462 e. The molecule has 2 unspecified atom stereocenters. The van der Waals surface area contributed by atoms with Gasteiger partial charge in [-0.1, -0.05) is 25.2 Å². The number of hydrogen-bond acceptors (Lipinski definition) is 4. The molecule has 0 spiro atoms. The number of esters is 1. The summed E-state index contributed by atoms with van der Waals surface area (Å²) >= 11 is 0. The van der Waals surface area contributed by atoms with Crippen LogP contribution in [0.2, 0.25) is 0 Å². The van der Waals surface area contributed by atoms with Crippen LogP contribution in [0.4, 0.5) is 0 Å². The third-order valence-electron chi connectivity index (χ3n) is 3.05. The molecule has 0 amide bonds. The van der Waals surface area contributed by atoms with Crippen LogP contribution in [0.1, 0.15) is 34.1 Å². The van der Waals surface area contributed by atoms with E-state index < -0.39 is 17.5 Å². The summed E-state index contributed by atoms with van der Waals surface area (Å²) in [7, 11) is 0. The number of ketones is 1. The molecule has 0 radical (unpaired) electrons. The fourth-order valence-corrected chi connectivity index (χ4v) is 2.04. The summed E-state index contributed by atoms with van der Waals surface area (Å²) in [6, 6.07) is 0. The highest BCUT2D eigenvalue weighted by Gasteiger charge is 2.48. The predicted octanol–water partition coefficient (Wildman–Crippen LogP) is 1.78. The lowest BCUT2D eigenvalue weighted by Crippen LogP contribution is -2.51. The highest BCUT2D eigenvalue weighted by atomic mass is 16.5. The molecule has 1 aliphatic rings. The van der Waals surface area contributed by atoms with Crippen molar-refractivity contribution in [3.05, 3.63) is 23.8 Å². The third kappa shape index (κ3) is 2.53. The third-order valence-corrected chi connectivity index (χ3v) is 3.05. The molecule has 4 nitrogen and oxygen atoms in total. The van der Waals surface area contributed by atoms with Crippen molar-refractivity contribution in [3.63, 3.8) is 0 Å². The predicted molar refractivity (Wildman–Crippen MR) is 67.9 cm³/mol. The Balaban J connectivity index is 3.09. The average molecular weight is 252 g/mol. The van der Waals surface area contributed by atoms with Crippen LogP contribution in [0.3, 0.4) is 0 Å². The largest absolute Gasteiger partial charge is 0.462 e. The molecule has 100 valence electrons. The molecular formula is C14H20O4. The van der Waals surface area contributed by atoms with E-state index in [0.29, 0.717) is 5.57 Å². The number of Topliss-reactive ketones (excluding diaryl/α,β-unsaturated/α-hetero) is 1. The van der Waals surface area contributed by atoms with E-state index in [0.717, 1.165) is 0 Å². The second kappa shape index (κ2) is 5.48. The highest BCUT2D eigenvalue weighted by Crippen LogP contribution is 2.33. The molecule has 18 heavy (non-hydrogen) atoms. The molecular weight excluding hydrogens is 232 g/mol. The van der Waals surface area contributed by atoms with E-state index in [4.69, 9.17) is 4.74 Å². The summed E-state index contributed by atoms with van der Waals surface area (Å²) in [4.78, 5) is 23.9. The van der Waals surface area contributed by atoms with E-state index in [1.807, 2.05) is 0 Å². The molecule has 0 heterocycles. The van der Waals surface area contributed by atoms with Crippen LogP contribution in [0.25, 0.3) is 0 Å². The minimum atomic E-state index is -1.77. The molecule has 0 aromatic carbocycles. The van der Waals surface area contributed by atoms with E-state index in [2.05, 4.69) is 0 Å². The van der Waals surface area contributed by atoms with Gasteiger partial charge < -0.3 is 9.84 Å². The van der Waals surface area contributed by atoms with E-state index in [-0.39, 0.29) is 18.3 Å². The van der Waals surface area contributed by atoms with E-state index >= 15 is 0 Å². The van der Waals surface area contributed by atoms with Gasteiger partial charge >= 0.3 is 5.97 Å². The maximum atomic E-state index is 12.0. The molecule has 0 aromatic rings. The fraction of sp³-hybridized carbons (Fsp3) is 0.571. The fourth-order valence-electron chi connectivity index (χ4n) is 2.04. The van der Waals surface area contributed by atoms with Crippen LogP contribution in [0, 0.1) is 5.92 Å². The van der Waals surface area contributed by atoms with E-state index in [1.54, 1.807) is 39.8 Å². The number of carbonyl (C=O) groups is 2. The van der Waals surface area contributed by atoms with Gasteiger partial charge in [0.25, 0.3) is 0 Å². The molecule has 0 saturated carbocycles. The lowest BCUT2D eigenvalue weighted by Gasteiger charge is -2.34. The molecule has 2 atom stereocenters. The van der Waals surface area contributed by atoms with Gasteiger partial charge in [0.2, 0.25) is 0 Å². The van der Waals surface area contributed by atoms with Gasteiger partial charge in [-0.3, -0.25) is 9.59 Å². The van der Waals surface area contributed by atoms with Crippen LogP contribution in [-0.4, -0.2) is 28.6 Å². The molecule has 1 aliphatic carbocycles. The summed E-state index contributed by atoms with van der Waals surface area (Å²) in [5.41, 5.74) is -1.29. The Labute approximate surface area is 107 Å². The number of rotatable bonds is 4. The van der Waals surface area contributed by atoms with Crippen LogP contribution in [-0.2, 0) is 14.3 Å². The summed E-state index contributed by atoms with van der Waals surface area (Å²) < 4.78 is 5.10. The molecule has 0 bridgehead atoms. The molecule has 0 aliphatic heterocycles. The Morgan fingerprint density at radius 1 is 1.50 bits per heavy atom. The Kier molecular flexibility index (Phi) is 4.46. The van der Waals surface area contributed by atoms with Crippen molar-refractivity contribution in [2.24, 2.45) is 5.92 Å². The zero-order chi connectivity index (χ0) is 13.9. The van der Waals surface area contributed by atoms with Crippen LogP contribution in [0.5, 0.6) is 0 Å². The molecule has 0 fully saturated rings. The molecule has 0 saturated heterocycles. The molecule has 4 heteroatoms. The van der Waals surface area contributed by atoms with Gasteiger partial charge in [0.15, 0.2) is 11.4 Å². The lowest BCUT2D eigenvalue weighted by molar-refractivity contribution is -0.162. The zero-order valence-electron chi connectivity index (χ0n) is 11.3. The van der Waals surface area contributed by atoms with E-state index in [9.17, 15) is 14.7 Å². The Hall–Kier alpha value is -1.42. The van der Waals surface area contributed by atoms with Crippen LogP contribution < -0.4 is 0 Å². The first-order chi connectivity index (χ1) is 8.33. The number of hydrogen-bond donors (Lipinski definition) is 1. The average Bonchev–Trinajstić information content (AvgIpc) is 2.30. The van der Waals surface area contributed by atoms with Gasteiger partial charge in [0.1, 0.15) is 5.92 Å². The number of carbonyl (C=O) groups excluding carboxylic acids is 2. The quantitative estimate of drug-likeness (QED) is 0.775. The molecule has 1 N–H and O–H groups in total. The standard InChI is InChI=1S/C14H20O4/c1-5-12(15)14(17)10(4)7-6-8-11(14)13(16)18-9(2)3/h6-9,11,17H,5H2,1-4H3. The summed E-state index contributed by atoms with van der Waals surface area (Å²) in [6.07, 6.45) is 4.72. The summed E-state index contributed by atoms with van der Waals surface area (Å²) in [5, 5.41) is 10.6. The summed E-state index contributed by atoms with van der Waals surface area (Å²) in [6.45, 7) is 6.77. The van der Waals surface area contributed by atoms with Crippen molar-refractivity contribution in [1.29, 1.82) is 0 Å². The Morgan fingerprint density at radius 3 is 2.61 bits per heavy atom. The normalized spacial score (nSPS) is 27.0. The molecule has 0 aromatic heterocycles. The minimum absolute atomic E-state index is 0.168. The first kappa shape index (κ1) is 14.6. The SMILES string of the molecule is CCC(=O)C1(O)C(C)=CC=CC1C(=O)OC(C)C. The Morgan fingerprint density at radius 2 is 2.11 bits per heavy atom. The first-order valence-electron chi connectivity index (χ1n) is 6.15. The summed E-state index contributed by atoms with van der Waals surface area (Å²) in [5.74, 6) is -1.90. The topological polar surface area (TPSA) is 63.6 Å². The van der Waals surface area contributed by atoms with E-state index in [1.165, 1.54) is 6.08 Å².